The Hall–Kier alpha value is -7.20. The molecule has 8 aliphatic heterocycles. The second-order valence-electron chi connectivity index (χ2n) is 38.2. The van der Waals surface area contributed by atoms with Gasteiger partial charge >= 0.3 is 23.9 Å². The fourth-order valence-electron chi connectivity index (χ4n) is 19.3. The Kier molecular flexibility index (Phi) is 49.6. The molecule has 0 aliphatic carbocycles. The smallest absolute Gasteiger partial charge is 0.364 e. The van der Waals surface area contributed by atoms with Gasteiger partial charge in [0.1, 0.15) is 171 Å². The molecule has 0 bridgehead atoms. The lowest BCUT2D eigenvalue weighted by Crippen LogP contribution is -2.73. The van der Waals surface area contributed by atoms with E-state index >= 15 is 0 Å². The summed E-state index contributed by atoms with van der Waals surface area (Å²) < 4.78 is 95.3. The van der Waals surface area contributed by atoms with Gasteiger partial charge in [0.2, 0.25) is 35.9 Å². The molecule has 46 atom stereocenters. The van der Waals surface area contributed by atoms with Crippen LogP contribution in [0.5, 0.6) is 0 Å². The Bertz CT molecular complexity index is 4280. The number of aliphatic carboxylic acids is 4. The maximum atomic E-state index is 14.6. The minimum absolute atomic E-state index is 0.217. The summed E-state index contributed by atoms with van der Waals surface area (Å²) in [6.45, 7) is -5.94. The van der Waals surface area contributed by atoms with E-state index in [9.17, 15) is 196 Å². The van der Waals surface area contributed by atoms with Crippen LogP contribution in [-0.4, -0.2) is 547 Å². The Morgan fingerprint density at radius 2 is 0.687 bits per heavy atom. The molecule has 8 heterocycles. The summed E-state index contributed by atoms with van der Waals surface area (Å²) in [7, 11) is 0. The van der Waals surface area contributed by atoms with Crippen LogP contribution in [0.25, 0.3) is 0 Å². The van der Waals surface area contributed by atoms with Gasteiger partial charge in [0.05, 0.1) is 120 Å². The summed E-state index contributed by atoms with van der Waals surface area (Å²) in [5.74, 6) is -29.3. The van der Waals surface area contributed by atoms with E-state index in [1.165, 1.54) is 25.3 Å². The monoisotopic (exact) mass is 2180 g/mol. The molecule has 8 rings (SSSR count). The van der Waals surface area contributed by atoms with E-state index in [0.717, 1.165) is 86.0 Å². The summed E-state index contributed by atoms with van der Waals surface area (Å²) in [4.78, 5) is 132. The lowest BCUT2D eigenvalue weighted by molar-refractivity contribution is -0.406. The van der Waals surface area contributed by atoms with Gasteiger partial charge in [-0.15, -0.1) is 0 Å². The number of carbonyl (C=O) groups is 10. The number of hydrogen-bond donors (Lipinski definition) is 35. The Morgan fingerprint density at radius 1 is 0.360 bits per heavy atom. The van der Waals surface area contributed by atoms with Gasteiger partial charge in [-0.3, -0.25) is 28.8 Å². The fourth-order valence-corrected chi connectivity index (χ4v) is 19.3. The van der Waals surface area contributed by atoms with Gasteiger partial charge in [-0.25, -0.2) is 19.2 Å². The number of nitrogens with one attached hydrogen (secondary N) is 6. The first-order chi connectivity index (χ1) is 70.8. The van der Waals surface area contributed by atoms with Gasteiger partial charge < -0.3 is 256 Å². The number of hydrogen-bond acceptors (Lipinski definition) is 51. The highest BCUT2D eigenvalue weighted by molar-refractivity contribution is 5.79. The van der Waals surface area contributed by atoms with Crippen molar-refractivity contribution in [1.29, 1.82) is 0 Å². The van der Waals surface area contributed by atoms with Crippen molar-refractivity contribution in [3.05, 3.63) is 12.2 Å². The van der Waals surface area contributed by atoms with Crippen LogP contribution in [0.15, 0.2) is 12.2 Å². The quantitative estimate of drug-likeness (QED) is 0.0153. The molecule has 150 heavy (non-hydrogen) atoms. The second kappa shape index (κ2) is 58.2. The molecule has 0 aromatic carbocycles. The first-order valence-electron chi connectivity index (χ1n) is 49.0. The van der Waals surface area contributed by atoms with E-state index < -0.39 is 418 Å². The predicted octanol–water partition coefficient (Wildman–Crippen LogP) is -16.2. The van der Waals surface area contributed by atoms with Gasteiger partial charge in [0.25, 0.3) is 23.1 Å². The number of carboxylic acid groups (broad SMARTS) is 4. The highest BCUT2D eigenvalue weighted by Gasteiger charge is 2.68. The number of allylic oxidation sites excluding steroid dienone is 1. The normalized spacial score (nSPS) is 38.5. The molecular weight excluding hydrogens is 2030 g/mol. The summed E-state index contributed by atoms with van der Waals surface area (Å²) in [5.41, 5.74) is 0. The lowest BCUT2D eigenvalue weighted by Gasteiger charge is -2.53. The van der Waals surface area contributed by atoms with Crippen LogP contribution in [0.3, 0.4) is 0 Å². The zero-order valence-electron chi connectivity index (χ0n) is 82.7. The first-order valence-corrected chi connectivity index (χ1v) is 49.0. The van der Waals surface area contributed by atoms with Crippen LogP contribution >= 0.6 is 0 Å². The lowest BCUT2D eigenvalue weighted by atomic mass is 9.87. The average Bonchev–Trinajstić information content (AvgIpc) is 0.747. The number of aliphatic hydroxyl groups excluding tert-OH is 25. The minimum Gasteiger partial charge on any atom is -0.477 e. The largest absolute Gasteiger partial charge is 0.477 e. The standard InChI is InChI=1S/C89H148N6O55/c1-7-8-9-10-11-12-13-14-15-16-17-18-19-20-41(110)40(90-34-104)33-135-79-66(124)65(123)69(52(31-102)138-79)140-81-68(126)77(150-89(85(133)134)24-45(114)57(94-38(5)108)75(148-89)64(122)51(30-101)144-87(83(129)130)22-43(112)55(92-36(3)106)73(146-87)60(118)47(116)26-97)70(53(32-103)139-81)141-78-58(95-39(6)109)71(61(119)48(27-98)136-78)142-80-67(125)76(62(120)49(28-99)137-80)149-88(84(131)132)23-44(113)56(93-37(4)107)74(147-88)63(121)50(29-100)143-86(82(127)128)21-42(111)54(91-35(2)105)72(145-86)59(117)46(115)25-96/h19-20,34,40-81,96-103,110-126H,7-18,21-33H2,1-6H3,(H,90,104)(H,91,105)(H,92,106)(H,93,107)(H,94,108)(H,95,109)(H,127,128)(H,129,130)(H,131,132)(H,133,134)/b20-19+/t40-,41+,42-,43-,44-,45-,46+,47+,48+,49+,50+,51+,52+,53+,54+,55+,56+,57+,58+,59+,60+,61-,62-,63+,64+,65+,66+,67+,68+,69+,70-,71+,72+,73+,74+,75+,76-,77+,78-,79+,80-,81-,86+,87+,88-,89-/m0/s1. The molecule has 8 aliphatic rings. The topological polar surface area (TPSA) is 977 Å². The molecule has 864 valence electrons. The van der Waals surface area contributed by atoms with Crippen molar-refractivity contribution < 1.29 is 272 Å². The molecule has 0 saturated carbocycles. The van der Waals surface area contributed by atoms with Crippen LogP contribution in [-0.2, 0) is 124 Å². The molecule has 0 spiro atoms. The van der Waals surface area contributed by atoms with E-state index in [2.05, 4.69) is 38.8 Å². The van der Waals surface area contributed by atoms with Gasteiger partial charge in [0, 0.05) is 60.3 Å². The number of aliphatic hydroxyl groups is 25. The number of rotatable bonds is 58. The van der Waals surface area contributed by atoms with E-state index in [0.29, 0.717) is 6.42 Å². The van der Waals surface area contributed by atoms with Crippen LogP contribution in [0.2, 0.25) is 0 Å². The van der Waals surface area contributed by atoms with Gasteiger partial charge in [-0.2, -0.15) is 0 Å². The van der Waals surface area contributed by atoms with E-state index in [-0.39, 0.29) is 6.41 Å². The van der Waals surface area contributed by atoms with Crippen molar-refractivity contribution in [2.45, 2.75) is 424 Å². The zero-order valence-corrected chi connectivity index (χ0v) is 82.7. The molecule has 61 heteroatoms. The Balaban J connectivity index is 1.17. The Labute approximate surface area is 856 Å². The summed E-state index contributed by atoms with van der Waals surface area (Å²) in [5, 5.41) is 345. The van der Waals surface area contributed by atoms with Gasteiger partial charge in [0.15, 0.2) is 25.2 Å². The molecule has 35 N–H and O–H groups in total. The minimum atomic E-state index is -3.87. The van der Waals surface area contributed by atoms with E-state index in [4.69, 9.17) is 75.8 Å². The number of amides is 6. The molecule has 0 aromatic rings. The number of ether oxygens (including phenoxy) is 16. The summed E-state index contributed by atoms with van der Waals surface area (Å²) in [6, 6.07) is -11.8. The number of carbonyl (C=O) groups excluding carboxylic acids is 6. The molecule has 0 aromatic heterocycles. The van der Waals surface area contributed by atoms with Crippen molar-refractivity contribution in [2.75, 3.05) is 59.5 Å². The Morgan fingerprint density at radius 3 is 1.07 bits per heavy atom. The first kappa shape index (κ1) is 128. The second-order valence-corrected chi connectivity index (χ2v) is 38.2. The van der Waals surface area contributed by atoms with Crippen LogP contribution in [0.1, 0.15) is 144 Å². The van der Waals surface area contributed by atoms with Crippen molar-refractivity contribution >= 4 is 59.8 Å². The fraction of sp³-hybridized carbons (Fsp3) is 0.865. The van der Waals surface area contributed by atoms with Crippen molar-refractivity contribution in [1.82, 2.24) is 31.9 Å². The van der Waals surface area contributed by atoms with Crippen molar-refractivity contribution in [3.63, 3.8) is 0 Å². The van der Waals surface area contributed by atoms with Crippen LogP contribution in [0.4, 0.5) is 0 Å². The van der Waals surface area contributed by atoms with Crippen molar-refractivity contribution in [2.24, 2.45) is 0 Å². The molecular formula is C89H148N6O55. The highest BCUT2D eigenvalue weighted by atomic mass is 16.8. The van der Waals surface area contributed by atoms with E-state index in [1.54, 1.807) is 6.08 Å². The van der Waals surface area contributed by atoms with Crippen molar-refractivity contribution in [3.8, 4) is 0 Å². The third-order valence-corrected chi connectivity index (χ3v) is 27.0. The van der Waals surface area contributed by atoms with E-state index in [1.807, 2.05) is 0 Å². The maximum Gasteiger partial charge on any atom is 0.364 e. The SMILES string of the molecule is CCCCCCCCCCCCC/C=C/[C@@H](O)[C@H](CO[C@@H]1O[C@H](CO)[C@@H](O[C@@H]2O[C@H](CO)[C@H](O[C@@H]3O[C@H](CO)[C@H](O)[C@H](O[C@@H]4O[C@H](CO)[C@H](O)[C@H](O[C@]5(C(=O)O)C[C@H](O)[C@@H](NC(C)=O)[C@H]([C@H](O)[C@@H](CO)O[C@]6(C(=O)O)C[C@H](O)[C@@H](NC(C)=O)[C@H]([C@H](O)[C@H](O)CO)O6)O5)[C@H]4O)[C@H]3NC(C)=O)[C@H](O[C@]3(C(=O)O)C[C@H](O)[C@@H](NC(C)=O)[C@H]([C@H](O)[C@@H](CO)O[C@]4(C(=O)O)C[C@H](O)[C@@H](NC(C)=O)[C@H]([C@H](O)[C@H](O)CO)O4)O3)[C@H]2O)[C@H](O)[C@H]1O)NC=O. The number of carboxylic acids is 4. The number of unbranched alkanes of at least 4 members (excludes halogenated alkanes) is 11. The molecule has 8 saturated heterocycles. The molecule has 6 amide bonds. The average molecular weight is 2180 g/mol. The third kappa shape index (κ3) is 31.5. The van der Waals surface area contributed by atoms with Gasteiger partial charge in [-0.1, -0.05) is 83.3 Å². The zero-order chi connectivity index (χ0) is 112. The summed E-state index contributed by atoms with van der Waals surface area (Å²) >= 11 is 0. The molecule has 61 nitrogen and oxygen atoms in total. The molecule has 0 radical (unpaired) electrons. The summed E-state index contributed by atoms with van der Waals surface area (Å²) in [6.07, 6.45) is -79.1. The highest BCUT2D eigenvalue weighted by Crippen LogP contribution is 2.46. The van der Waals surface area contributed by atoms with Crippen LogP contribution < -0.4 is 31.9 Å². The molecule has 8 fully saturated rings. The van der Waals surface area contributed by atoms with Gasteiger partial charge in [-0.05, 0) is 12.8 Å². The third-order valence-electron chi connectivity index (χ3n) is 27.0. The maximum absolute atomic E-state index is 14.6. The van der Waals surface area contributed by atoms with Crippen LogP contribution in [0, 0.1) is 0 Å². The molecule has 0 unspecified atom stereocenters. The predicted molar refractivity (Wildman–Crippen MR) is 484 cm³/mol.